The van der Waals surface area contributed by atoms with Crippen molar-refractivity contribution in [2.75, 3.05) is 5.32 Å². The Hall–Kier alpha value is -2.43. The molecule has 86 valence electrons. The van der Waals surface area contributed by atoms with E-state index in [1.165, 1.54) is 13.1 Å². The molecular weight excluding hydrogens is 218 g/mol. The molecule has 17 heavy (non-hydrogen) atoms. The lowest BCUT2D eigenvalue weighted by molar-refractivity contribution is -0.114. The van der Waals surface area contributed by atoms with Gasteiger partial charge in [0.05, 0.1) is 0 Å². The van der Waals surface area contributed by atoms with Crippen molar-refractivity contribution < 1.29 is 4.79 Å². The number of benzene rings is 1. The largest absolute Gasteiger partial charge is 0.346 e. The van der Waals surface area contributed by atoms with Gasteiger partial charge in [-0.1, -0.05) is 30.3 Å². The van der Waals surface area contributed by atoms with Gasteiger partial charge in [-0.2, -0.15) is 0 Å². The summed E-state index contributed by atoms with van der Waals surface area (Å²) in [4.78, 5) is 28.4. The van der Waals surface area contributed by atoms with Gasteiger partial charge in [0.15, 0.2) is 0 Å². The second kappa shape index (κ2) is 4.61. The van der Waals surface area contributed by atoms with Crippen molar-refractivity contribution in [1.82, 2.24) is 9.97 Å². The fourth-order valence-electron chi connectivity index (χ4n) is 1.51. The summed E-state index contributed by atoms with van der Waals surface area (Å²) in [5, 5.41) is 2.58. The van der Waals surface area contributed by atoms with Gasteiger partial charge in [-0.15, -0.1) is 0 Å². The zero-order valence-corrected chi connectivity index (χ0v) is 9.23. The number of hydrogen-bond donors (Lipinski definition) is 2. The van der Waals surface area contributed by atoms with Crippen LogP contribution in [0.3, 0.4) is 0 Å². The molecule has 1 aromatic heterocycles. The molecule has 0 radical (unpaired) electrons. The summed E-state index contributed by atoms with van der Waals surface area (Å²) in [6, 6.07) is 9.39. The van der Waals surface area contributed by atoms with Crippen LogP contribution in [-0.2, 0) is 4.79 Å². The average Bonchev–Trinajstić information content (AvgIpc) is 2.29. The molecule has 2 aromatic rings. The second-order valence-electron chi connectivity index (χ2n) is 3.52. The maximum Gasteiger partial charge on any atom is 0.346 e. The first-order valence-electron chi connectivity index (χ1n) is 5.09. The van der Waals surface area contributed by atoms with Gasteiger partial charge in [-0.05, 0) is 5.56 Å². The topological polar surface area (TPSA) is 74.8 Å². The number of rotatable bonds is 2. The van der Waals surface area contributed by atoms with Gasteiger partial charge in [0.25, 0.3) is 0 Å². The molecule has 0 unspecified atom stereocenters. The molecule has 5 nitrogen and oxygen atoms in total. The molecule has 0 aliphatic heterocycles. The number of amides is 1. The van der Waals surface area contributed by atoms with Crippen LogP contribution in [0.5, 0.6) is 0 Å². The molecule has 0 spiro atoms. The molecule has 0 saturated carbocycles. The number of anilines is 1. The second-order valence-corrected chi connectivity index (χ2v) is 3.52. The number of nitrogens with zero attached hydrogens (tertiary/aromatic N) is 1. The van der Waals surface area contributed by atoms with Gasteiger partial charge in [0, 0.05) is 18.7 Å². The number of H-pyrrole nitrogens is 1. The fraction of sp³-hybridized carbons (Fsp3) is 0.0833. The van der Waals surface area contributed by atoms with E-state index in [2.05, 4.69) is 15.3 Å². The molecule has 0 aliphatic carbocycles. The van der Waals surface area contributed by atoms with Gasteiger partial charge in [0.2, 0.25) is 5.91 Å². The normalized spacial score (nSPS) is 9.94. The third kappa shape index (κ3) is 2.57. The Kier molecular flexibility index (Phi) is 3.00. The molecule has 2 rings (SSSR count). The standard InChI is InChI=1S/C12H11N3O2/c1-8(16)14-11-10(7-13-12(17)15-11)9-5-3-2-4-6-9/h2-7H,1H3,(H2,13,14,15,16,17). The fourth-order valence-corrected chi connectivity index (χ4v) is 1.51. The Morgan fingerprint density at radius 1 is 1.29 bits per heavy atom. The molecular formula is C12H11N3O2. The highest BCUT2D eigenvalue weighted by molar-refractivity contribution is 5.92. The van der Waals surface area contributed by atoms with Crippen LogP contribution in [0.15, 0.2) is 41.3 Å². The highest BCUT2D eigenvalue weighted by Crippen LogP contribution is 2.23. The summed E-state index contributed by atoms with van der Waals surface area (Å²) in [5.74, 6) is 0.118. The molecule has 5 heteroatoms. The van der Waals surface area contributed by atoms with Crippen LogP contribution in [0.25, 0.3) is 11.1 Å². The van der Waals surface area contributed by atoms with Crippen molar-refractivity contribution in [2.24, 2.45) is 0 Å². The lowest BCUT2D eigenvalue weighted by atomic mass is 10.1. The summed E-state index contributed by atoms with van der Waals surface area (Å²) in [6.07, 6.45) is 1.44. The number of carbonyl (C=O) groups excluding carboxylic acids is 1. The number of hydrogen-bond acceptors (Lipinski definition) is 3. The van der Waals surface area contributed by atoms with Crippen molar-refractivity contribution >= 4 is 11.7 Å². The van der Waals surface area contributed by atoms with Crippen molar-refractivity contribution in [2.45, 2.75) is 6.92 Å². The first-order chi connectivity index (χ1) is 8.16. The maximum absolute atomic E-state index is 11.1. The minimum Gasteiger partial charge on any atom is -0.312 e. The summed E-state index contributed by atoms with van der Waals surface area (Å²) in [6.45, 7) is 1.38. The molecule has 0 fully saturated rings. The van der Waals surface area contributed by atoms with Crippen molar-refractivity contribution in [3.63, 3.8) is 0 Å². The Morgan fingerprint density at radius 2 is 2.00 bits per heavy atom. The first kappa shape index (κ1) is 11.1. The van der Waals surface area contributed by atoms with Gasteiger partial charge in [0.1, 0.15) is 5.82 Å². The van der Waals surface area contributed by atoms with E-state index in [9.17, 15) is 9.59 Å². The van der Waals surface area contributed by atoms with Crippen LogP contribution < -0.4 is 11.0 Å². The SMILES string of the molecule is CC(=O)Nc1[nH]c(=O)ncc1-c1ccccc1. The van der Waals surface area contributed by atoms with Gasteiger partial charge >= 0.3 is 5.69 Å². The van der Waals surface area contributed by atoms with Crippen molar-refractivity contribution in [3.8, 4) is 11.1 Å². The molecule has 0 atom stereocenters. The van der Waals surface area contributed by atoms with Crippen LogP contribution in [0.4, 0.5) is 5.82 Å². The van der Waals surface area contributed by atoms with E-state index < -0.39 is 5.69 Å². The Balaban J connectivity index is 2.53. The maximum atomic E-state index is 11.1. The molecule has 0 bridgehead atoms. The molecule has 0 aliphatic rings. The van der Waals surface area contributed by atoms with E-state index in [0.717, 1.165) is 5.56 Å². The van der Waals surface area contributed by atoms with Crippen molar-refractivity contribution in [3.05, 3.63) is 47.0 Å². The summed E-state index contributed by atoms with van der Waals surface area (Å²) >= 11 is 0. The van der Waals surface area contributed by atoms with Gasteiger partial charge in [-0.3, -0.25) is 9.78 Å². The molecule has 1 amide bonds. The number of carbonyl (C=O) groups is 1. The van der Waals surface area contributed by atoms with Crippen LogP contribution >= 0.6 is 0 Å². The van der Waals surface area contributed by atoms with Crippen LogP contribution in [0, 0.1) is 0 Å². The lowest BCUT2D eigenvalue weighted by Gasteiger charge is -2.08. The van der Waals surface area contributed by atoms with E-state index in [-0.39, 0.29) is 5.91 Å². The summed E-state index contributed by atoms with van der Waals surface area (Å²) in [7, 11) is 0. The third-order valence-corrected chi connectivity index (χ3v) is 2.20. The molecule has 1 heterocycles. The van der Waals surface area contributed by atoms with Crippen molar-refractivity contribution in [1.29, 1.82) is 0 Å². The molecule has 2 N–H and O–H groups in total. The van der Waals surface area contributed by atoms with E-state index in [0.29, 0.717) is 11.4 Å². The smallest absolute Gasteiger partial charge is 0.312 e. The van der Waals surface area contributed by atoms with Crippen LogP contribution in [0.1, 0.15) is 6.92 Å². The zero-order chi connectivity index (χ0) is 12.3. The van der Waals surface area contributed by atoms with E-state index in [1.807, 2.05) is 30.3 Å². The Morgan fingerprint density at radius 3 is 2.65 bits per heavy atom. The first-order valence-corrected chi connectivity index (χ1v) is 5.09. The average molecular weight is 229 g/mol. The number of nitrogens with one attached hydrogen (secondary N) is 2. The predicted molar refractivity (Wildman–Crippen MR) is 64.6 cm³/mol. The minimum atomic E-state index is -0.492. The highest BCUT2D eigenvalue weighted by Gasteiger charge is 2.07. The zero-order valence-electron chi connectivity index (χ0n) is 9.23. The Labute approximate surface area is 97.5 Å². The highest BCUT2D eigenvalue weighted by atomic mass is 16.2. The molecule has 1 aromatic carbocycles. The number of aromatic nitrogens is 2. The minimum absolute atomic E-state index is 0.246. The van der Waals surface area contributed by atoms with Gasteiger partial charge < -0.3 is 5.32 Å². The third-order valence-electron chi connectivity index (χ3n) is 2.20. The van der Waals surface area contributed by atoms with Crippen LogP contribution in [0.2, 0.25) is 0 Å². The quantitative estimate of drug-likeness (QED) is 0.817. The summed E-state index contributed by atoms with van der Waals surface area (Å²) in [5.41, 5.74) is 1.06. The monoisotopic (exact) mass is 229 g/mol. The van der Waals surface area contributed by atoms with E-state index >= 15 is 0 Å². The van der Waals surface area contributed by atoms with E-state index in [4.69, 9.17) is 0 Å². The predicted octanol–water partition coefficient (Wildman–Crippen LogP) is 1.40. The molecule has 0 saturated heterocycles. The van der Waals surface area contributed by atoms with Gasteiger partial charge in [-0.25, -0.2) is 9.78 Å². The lowest BCUT2D eigenvalue weighted by Crippen LogP contribution is -2.16. The summed E-state index contributed by atoms with van der Waals surface area (Å²) < 4.78 is 0. The number of aromatic amines is 1. The van der Waals surface area contributed by atoms with E-state index in [1.54, 1.807) is 0 Å². The van der Waals surface area contributed by atoms with Crippen LogP contribution in [-0.4, -0.2) is 15.9 Å². The Bertz CT molecular complexity index is 590.